The van der Waals surface area contributed by atoms with Gasteiger partial charge in [-0.3, -0.25) is 4.72 Å². The minimum atomic E-state index is -0.0131. The van der Waals surface area contributed by atoms with E-state index in [1.54, 1.807) is 4.90 Å². The number of rotatable bonds is 1. The number of morpholine rings is 1. The van der Waals surface area contributed by atoms with E-state index >= 15 is 0 Å². The van der Waals surface area contributed by atoms with Gasteiger partial charge in [0.25, 0.3) is 0 Å². The smallest absolute Gasteiger partial charge is 0.327 e. The highest BCUT2D eigenvalue weighted by atomic mass is 32.2. The van der Waals surface area contributed by atoms with Crippen LogP contribution in [0, 0.1) is 0 Å². The van der Waals surface area contributed by atoms with Crippen LogP contribution >= 0.6 is 11.9 Å². The van der Waals surface area contributed by atoms with Crippen LogP contribution in [0.4, 0.5) is 4.79 Å². The molecule has 4 nitrogen and oxygen atoms in total. The molecule has 1 aliphatic rings. The van der Waals surface area contributed by atoms with Crippen molar-refractivity contribution in [1.29, 1.82) is 0 Å². The van der Waals surface area contributed by atoms with Crippen LogP contribution in [-0.4, -0.2) is 43.5 Å². The van der Waals surface area contributed by atoms with Crippen LogP contribution in [0.1, 0.15) is 0 Å². The van der Waals surface area contributed by atoms with E-state index in [0.717, 1.165) is 0 Å². The highest BCUT2D eigenvalue weighted by molar-refractivity contribution is 7.97. The minimum absolute atomic E-state index is 0.0131. The first-order valence-electron chi connectivity index (χ1n) is 3.50. The lowest BCUT2D eigenvalue weighted by Crippen LogP contribution is -2.44. The SMILES string of the molecule is CSNC(=O)N1CCOCC1. The summed E-state index contributed by atoms with van der Waals surface area (Å²) in [5, 5.41) is 0. The van der Waals surface area contributed by atoms with Gasteiger partial charge in [-0.15, -0.1) is 0 Å². The average molecular weight is 176 g/mol. The van der Waals surface area contributed by atoms with Crippen LogP contribution in [0.5, 0.6) is 0 Å². The highest BCUT2D eigenvalue weighted by Crippen LogP contribution is 1.98. The Bertz CT molecular complexity index is 137. The van der Waals surface area contributed by atoms with Gasteiger partial charge >= 0.3 is 6.03 Å². The summed E-state index contributed by atoms with van der Waals surface area (Å²) in [6.45, 7) is 2.71. The second-order valence-corrected chi connectivity index (χ2v) is 2.82. The number of hydrogen-bond acceptors (Lipinski definition) is 3. The maximum Gasteiger partial charge on any atom is 0.327 e. The molecule has 0 aromatic rings. The van der Waals surface area contributed by atoms with Gasteiger partial charge in [0.05, 0.1) is 13.2 Å². The Morgan fingerprint density at radius 1 is 1.55 bits per heavy atom. The van der Waals surface area contributed by atoms with Crippen molar-refractivity contribution in [2.24, 2.45) is 0 Å². The van der Waals surface area contributed by atoms with E-state index in [2.05, 4.69) is 4.72 Å². The molecular weight excluding hydrogens is 164 g/mol. The summed E-state index contributed by atoms with van der Waals surface area (Å²) in [7, 11) is 0. The van der Waals surface area contributed by atoms with Crippen LogP contribution in [0.25, 0.3) is 0 Å². The first-order valence-corrected chi connectivity index (χ1v) is 4.72. The molecule has 0 radical (unpaired) electrons. The zero-order valence-corrected chi connectivity index (χ0v) is 7.32. The van der Waals surface area contributed by atoms with Crippen molar-refractivity contribution in [2.45, 2.75) is 0 Å². The van der Waals surface area contributed by atoms with Crippen molar-refractivity contribution in [3.8, 4) is 0 Å². The molecule has 0 aromatic heterocycles. The average Bonchev–Trinajstić information content (AvgIpc) is 2.07. The van der Waals surface area contributed by atoms with Crippen LogP contribution in [0.15, 0.2) is 0 Å². The summed E-state index contributed by atoms with van der Waals surface area (Å²) in [6.07, 6.45) is 1.83. The van der Waals surface area contributed by atoms with Crippen LogP contribution in [0.2, 0.25) is 0 Å². The topological polar surface area (TPSA) is 41.6 Å². The third-order valence-corrected chi connectivity index (χ3v) is 1.87. The van der Waals surface area contributed by atoms with Crippen molar-refractivity contribution in [3.05, 3.63) is 0 Å². The molecule has 2 amide bonds. The molecule has 1 aliphatic heterocycles. The Hall–Kier alpha value is -0.420. The Kier molecular flexibility index (Phi) is 3.51. The van der Waals surface area contributed by atoms with E-state index in [9.17, 15) is 4.79 Å². The predicted molar refractivity (Wildman–Crippen MR) is 44.4 cm³/mol. The predicted octanol–water partition coefficient (Wildman–Crippen LogP) is 0.306. The molecular formula is C6H12N2O2S. The Morgan fingerprint density at radius 2 is 2.18 bits per heavy atom. The highest BCUT2D eigenvalue weighted by Gasteiger charge is 2.15. The molecule has 0 spiro atoms. The van der Waals surface area contributed by atoms with Gasteiger partial charge in [0.15, 0.2) is 0 Å². The summed E-state index contributed by atoms with van der Waals surface area (Å²) < 4.78 is 7.76. The molecule has 0 aliphatic carbocycles. The summed E-state index contributed by atoms with van der Waals surface area (Å²) in [6, 6.07) is -0.0131. The number of ether oxygens (including phenoxy) is 1. The van der Waals surface area contributed by atoms with Crippen LogP contribution in [0.3, 0.4) is 0 Å². The van der Waals surface area contributed by atoms with E-state index in [4.69, 9.17) is 4.74 Å². The molecule has 1 N–H and O–H groups in total. The fraction of sp³-hybridized carbons (Fsp3) is 0.833. The molecule has 0 aromatic carbocycles. The molecule has 5 heteroatoms. The molecule has 1 saturated heterocycles. The third kappa shape index (κ3) is 2.59. The third-order valence-electron chi connectivity index (χ3n) is 1.49. The zero-order valence-electron chi connectivity index (χ0n) is 6.50. The number of hydrogen-bond donors (Lipinski definition) is 1. The van der Waals surface area contributed by atoms with Gasteiger partial charge in [0, 0.05) is 19.3 Å². The number of amides is 2. The standard InChI is InChI=1S/C6H12N2O2S/c1-11-7-6(9)8-2-4-10-5-3-8/h2-5H2,1H3,(H,7,9). The van der Waals surface area contributed by atoms with Crippen molar-refractivity contribution in [3.63, 3.8) is 0 Å². The van der Waals surface area contributed by atoms with Crippen LogP contribution in [-0.2, 0) is 4.74 Å². The second-order valence-electron chi connectivity index (χ2n) is 2.21. The quantitative estimate of drug-likeness (QED) is 0.584. The molecule has 1 fully saturated rings. The molecule has 0 saturated carbocycles. The van der Waals surface area contributed by atoms with Crippen molar-refractivity contribution in [1.82, 2.24) is 9.62 Å². The molecule has 11 heavy (non-hydrogen) atoms. The number of carbonyl (C=O) groups is 1. The summed E-state index contributed by atoms with van der Waals surface area (Å²) in [5.41, 5.74) is 0. The minimum Gasteiger partial charge on any atom is -0.378 e. The first-order chi connectivity index (χ1) is 5.34. The van der Waals surface area contributed by atoms with E-state index in [1.807, 2.05) is 6.26 Å². The van der Waals surface area contributed by atoms with Crippen molar-refractivity contribution >= 4 is 18.0 Å². The Labute approximate surface area is 70.4 Å². The molecule has 1 heterocycles. The molecule has 64 valence electrons. The van der Waals surface area contributed by atoms with Gasteiger partial charge in [-0.05, 0) is 0 Å². The fourth-order valence-corrected chi connectivity index (χ4v) is 1.22. The van der Waals surface area contributed by atoms with Gasteiger partial charge in [-0.25, -0.2) is 4.79 Å². The molecule has 0 atom stereocenters. The lowest BCUT2D eigenvalue weighted by molar-refractivity contribution is 0.0547. The van der Waals surface area contributed by atoms with Crippen molar-refractivity contribution < 1.29 is 9.53 Å². The normalized spacial score (nSPS) is 18.1. The summed E-state index contributed by atoms with van der Waals surface area (Å²) >= 11 is 1.32. The van der Waals surface area contributed by atoms with Crippen LogP contribution < -0.4 is 4.72 Å². The largest absolute Gasteiger partial charge is 0.378 e. The number of nitrogens with one attached hydrogen (secondary N) is 1. The number of nitrogens with zero attached hydrogens (tertiary/aromatic N) is 1. The first kappa shape index (κ1) is 8.67. The molecule has 0 bridgehead atoms. The lowest BCUT2D eigenvalue weighted by Gasteiger charge is -2.26. The fourth-order valence-electron chi connectivity index (χ4n) is 0.918. The second kappa shape index (κ2) is 4.46. The van der Waals surface area contributed by atoms with Gasteiger partial charge in [-0.1, -0.05) is 11.9 Å². The lowest BCUT2D eigenvalue weighted by atomic mass is 10.4. The van der Waals surface area contributed by atoms with Gasteiger partial charge in [-0.2, -0.15) is 0 Å². The Morgan fingerprint density at radius 3 is 2.73 bits per heavy atom. The number of urea groups is 1. The van der Waals surface area contributed by atoms with Crippen molar-refractivity contribution in [2.75, 3.05) is 32.6 Å². The summed E-state index contributed by atoms with van der Waals surface area (Å²) in [5.74, 6) is 0. The van der Waals surface area contributed by atoms with Gasteiger partial charge in [0.2, 0.25) is 0 Å². The maximum atomic E-state index is 11.1. The Balaban J connectivity index is 2.27. The molecule has 0 unspecified atom stereocenters. The van der Waals surface area contributed by atoms with E-state index in [0.29, 0.717) is 26.3 Å². The van der Waals surface area contributed by atoms with E-state index in [1.165, 1.54) is 11.9 Å². The van der Waals surface area contributed by atoms with Gasteiger partial charge < -0.3 is 9.64 Å². The summed E-state index contributed by atoms with van der Waals surface area (Å²) in [4.78, 5) is 12.9. The molecule has 1 rings (SSSR count). The monoisotopic (exact) mass is 176 g/mol. The zero-order chi connectivity index (χ0) is 8.10. The number of carbonyl (C=O) groups excluding carboxylic acids is 1. The van der Waals surface area contributed by atoms with E-state index < -0.39 is 0 Å². The van der Waals surface area contributed by atoms with E-state index in [-0.39, 0.29) is 6.03 Å². The maximum absolute atomic E-state index is 11.1. The van der Waals surface area contributed by atoms with Gasteiger partial charge in [0.1, 0.15) is 0 Å².